The summed E-state index contributed by atoms with van der Waals surface area (Å²) in [4.78, 5) is 16.7. The van der Waals surface area contributed by atoms with E-state index in [1.165, 1.54) is 0 Å². The zero-order valence-corrected chi connectivity index (χ0v) is 11.9. The summed E-state index contributed by atoms with van der Waals surface area (Å²) in [5.74, 6) is 0.183. The molecule has 1 atom stereocenters. The monoisotopic (exact) mass is 241 g/mol. The highest BCUT2D eigenvalue weighted by Crippen LogP contribution is 2.25. The Labute approximate surface area is 105 Å². The molecule has 0 aliphatic carbocycles. The van der Waals surface area contributed by atoms with Crippen LogP contribution in [0.25, 0.3) is 0 Å². The van der Waals surface area contributed by atoms with Crippen LogP contribution in [0.15, 0.2) is 0 Å². The maximum absolute atomic E-state index is 11.9. The van der Waals surface area contributed by atoms with E-state index >= 15 is 0 Å². The molecule has 1 saturated heterocycles. The molecule has 0 saturated carbocycles. The molecule has 1 N–H and O–H groups in total. The summed E-state index contributed by atoms with van der Waals surface area (Å²) >= 11 is 0. The fourth-order valence-electron chi connectivity index (χ4n) is 2.30. The molecule has 1 amide bonds. The van der Waals surface area contributed by atoms with Crippen LogP contribution in [0.3, 0.4) is 0 Å². The summed E-state index contributed by atoms with van der Waals surface area (Å²) in [6.45, 7) is 13.3. The average molecular weight is 241 g/mol. The number of piperazine rings is 1. The Balaban J connectivity index is 2.62. The molecule has 1 unspecified atom stereocenters. The minimum atomic E-state index is -0.0689. The molecule has 4 nitrogen and oxygen atoms in total. The topological polar surface area (TPSA) is 35.6 Å². The molecule has 17 heavy (non-hydrogen) atoms. The second kappa shape index (κ2) is 5.83. The van der Waals surface area contributed by atoms with E-state index in [2.05, 4.69) is 36.0 Å². The van der Waals surface area contributed by atoms with Gasteiger partial charge in [0.25, 0.3) is 0 Å². The predicted octanol–water partition coefficient (Wildman–Crippen LogP) is 0.785. The highest BCUT2D eigenvalue weighted by Gasteiger charge is 2.37. The van der Waals surface area contributed by atoms with Crippen molar-refractivity contribution in [2.75, 3.05) is 39.8 Å². The fourth-order valence-corrected chi connectivity index (χ4v) is 2.30. The largest absolute Gasteiger partial charge is 0.356 e. The lowest BCUT2D eigenvalue weighted by atomic mass is 9.85. The van der Waals surface area contributed by atoms with Crippen molar-refractivity contribution in [1.29, 1.82) is 0 Å². The molecule has 100 valence electrons. The molecule has 1 aliphatic rings. The molecule has 4 heteroatoms. The van der Waals surface area contributed by atoms with E-state index in [-0.39, 0.29) is 17.4 Å². The molecule has 0 bridgehead atoms. The van der Waals surface area contributed by atoms with Crippen LogP contribution in [0.1, 0.15) is 27.7 Å². The van der Waals surface area contributed by atoms with Crippen LogP contribution in [-0.4, -0.2) is 61.0 Å². The van der Waals surface area contributed by atoms with E-state index in [0.717, 1.165) is 26.2 Å². The molecule has 0 aromatic rings. The zero-order valence-electron chi connectivity index (χ0n) is 11.9. The van der Waals surface area contributed by atoms with Crippen LogP contribution < -0.4 is 5.32 Å². The normalized spacial score (nSPS) is 21.2. The predicted molar refractivity (Wildman–Crippen MR) is 71.0 cm³/mol. The van der Waals surface area contributed by atoms with E-state index in [0.29, 0.717) is 6.54 Å². The Morgan fingerprint density at radius 3 is 2.29 bits per heavy atom. The van der Waals surface area contributed by atoms with Crippen molar-refractivity contribution >= 4 is 5.91 Å². The summed E-state index contributed by atoms with van der Waals surface area (Å²) in [6, 6.07) is 0. The minimum absolute atomic E-state index is 0.0193. The van der Waals surface area contributed by atoms with Gasteiger partial charge < -0.3 is 10.2 Å². The standard InChI is InChI=1S/C13H27N3O/c1-6-14-12(17)11(2)13(3,4)16-9-7-15(5)8-10-16/h11H,6-10H2,1-5H3,(H,14,17). The SMILES string of the molecule is CCNC(=O)C(C)C(C)(C)N1CCN(C)CC1. The highest BCUT2D eigenvalue weighted by molar-refractivity contribution is 5.79. The number of carbonyl (C=O) groups excluding carboxylic acids is 1. The second-order valence-electron chi connectivity index (χ2n) is 5.56. The van der Waals surface area contributed by atoms with Crippen molar-refractivity contribution in [2.45, 2.75) is 33.2 Å². The number of hydrogen-bond donors (Lipinski definition) is 1. The first kappa shape index (κ1) is 14.5. The summed E-state index contributed by atoms with van der Waals surface area (Å²) in [7, 11) is 2.15. The van der Waals surface area contributed by atoms with Crippen LogP contribution in [0.5, 0.6) is 0 Å². The quantitative estimate of drug-likeness (QED) is 0.790. The first-order valence-electron chi connectivity index (χ1n) is 6.61. The second-order valence-corrected chi connectivity index (χ2v) is 5.56. The number of likely N-dealkylation sites (N-methyl/N-ethyl adjacent to an activating group) is 1. The summed E-state index contributed by atoms with van der Waals surface area (Å²) in [5.41, 5.74) is -0.0689. The summed E-state index contributed by atoms with van der Waals surface area (Å²) < 4.78 is 0. The van der Waals surface area contributed by atoms with E-state index in [9.17, 15) is 4.79 Å². The van der Waals surface area contributed by atoms with E-state index in [1.54, 1.807) is 0 Å². The Hall–Kier alpha value is -0.610. The van der Waals surface area contributed by atoms with Crippen LogP contribution in [0.2, 0.25) is 0 Å². The van der Waals surface area contributed by atoms with Gasteiger partial charge >= 0.3 is 0 Å². The number of hydrogen-bond acceptors (Lipinski definition) is 3. The van der Waals surface area contributed by atoms with Crippen molar-refractivity contribution < 1.29 is 4.79 Å². The third-order valence-corrected chi connectivity index (χ3v) is 4.12. The molecule has 1 fully saturated rings. The van der Waals surface area contributed by atoms with Gasteiger partial charge in [-0.25, -0.2) is 0 Å². The van der Waals surface area contributed by atoms with Crippen LogP contribution >= 0.6 is 0 Å². The van der Waals surface area contributed by atoms with Crippen molar-refractivity contribution in [1.82, 2.24) is 15.1 Å². The maximum Gasteiger partial charge on any atom is 0.224 e. The van der Waals surface area contributed by atoms with Gasteiger partial charge in [-0.1, -0.05) is 6.92 Å². The van der Waals surface area contributed by atoms with E-state index in [4.69, 9.17) is 0 Å². The first-order chi connectivity index (χ1) is 7.89. The Morgan fingerprint density at radius 1 is 1.29 bits per heavy atom. The lowest BCUT2D eigenvalue weighted by Crippen LogP contribution is -2.58. The van der Waals surface area contributed by atoms with Gasteiger partial charge in [-0.15, -0.1) is 0 Å². The Morgan fingerprint density at radius 2 is 1.82 bits per heavy atom. The number of rotatable bonds is 4. The number of amides is 1. The van der Waals surface area contributed by atoms with Gasteiger partial charge in [0.05, 0.1) is 5.92 Å². The van der Waals surface area contributed by atoms with E-state index < -0.39 is 0 Å². The third-order valence-electron chi connectivity index (χ3n) is 4.12. The van der Waals surface area contributed by atoms with Crippen molar-refractivity contribution in [2.24, 2.45) is 5.92 Å². The van der Waals surface area contributed by atoms with Gasteiger partial charge in [0.1, 0.15) is 0 Å². The smallest absolute Gasteiger partial charge is 0.224 e. The van der Waals surface area contributed by atoms with Crippen LogP contribution in [0.4, 0.5) is 0 Å². The molecular weight excluding hydrogens is 214 g/mol. The number of nitrogens with one attached hydrogen (secondary N) is 1. The molecule has 0 radical (unpaired) electrons. The van der Waals surface area contributed by atoms with Gasteiger partial charge in [-0.05, 0) is 27.8 Å². The lowest BCUT2D eigenvalue weighted by Gasteiger charge is -2.46. The third kappa shape index (κ3) is 3.42. The summed E-state index contributed by atoms with van der Waals surface area (Å²) in [5, 5.41) is 2.92. The van der Waals surface area contributed by atoms with Gasteiger partial charge in [0.15, 0.2) is 0 Å². The molecule has 1 rings (SSSR count). The molecule has 0 spiro atoms. The van der Waals surface area contributed by atoms with E-state index in [1.807, 2.05) is 13.8 Å². The summed E-state index contributed by atoms with van der Waals surface area (Å²) in [6.07, 6.45) is 0. The number of nitrogens with zero attached hydrogens (tertiary/aromatic N) is 2. The average Bonchev–Trinajstić information content (AvgIpc) is 2.29. The molecule has 0 aromatic heterocycles. The van der Waals surface area contributed by atoms with Crippen molar-refractivity contribution in [3.05, 3.63) is 0 Å². The molecular formula is C13H27N3O. The molecule has 1 heterocycles. The zero-order chi connectivity index (χ0) is 13.1. The highest BCUT2D eigenvalue weighted by atomic mass is 16.1. The molecule has 1 aliphatic heterocycles. The van der Waals surface area contributed by atoms with Crippen LogP contribution in [0, 0.1) is 5.92 Å². The Kier molecular flexibility index (Phi) is 4.95. The van der Waals surface area contributed by atoms with Gasteiger partial charge in [-0.3, -0.25) is 9.69 Å². The maximum atomic E-state index is 11.9. The van der Waals surface area contributed by atoms with Crippen molar-refractivity contribution in [3.8, 4) is 0 Å². The Bertz CT molecular complexity index is 257. The van der Waals surface area contributed by atoms with Crippen LogP contribution in [-0.2, 0) is 4.79 Å². The van der Waals surface area contributed by atoms with Gasteiger partial charge in [-0.2, -0.15) is 0 Å². The number of carbonyl (C=O) groups is 1. The van der Waals surface area contributed by atoms with Gasteiger partial charge in [0.2, 0.25) is 5.91 Å². The fraction of sp³-hybridized carbons (Fsp3) is 0.923. The van der Waals surface area contributed by atoms with Gasteiger partial charge in [0, 0.05) is 38.3 Å². The lowest BCUT2D eigenvalue weighted by molar-refractivity contribution is -0.129. The van der Waals surface area contributed by atoms with Crippen molar-refractivity contribution in [3.63, 3.8) is 0 Å². The first-order valence-corrected chi connectivity index (χ1v) is 6.61. The minimum Gasteiger partial charge on any atom is -0.356 e. The molecule has 0 aromatic carbocycles.